The molecular formula is C18H14ClNOS. The van der Waals surface area contributed by atoms with Crippen molar-refractivity contribution < 1.29 is 4.79 Å². The van der Waals surface area contributed by atoms with Crippen molar-refractivity contribution in [2.24, 2.45) is 0 Å². The van der Waals surface area contributed by atoms with Crippen molar-refractivity contribution in [2.75, 3.05) is 5.32 Å². The molecule has 0 saturated carbocycles. The van der Waals surface area contributed by atoms with Gasteiger partial charge in [-0.25, -0.2) is 0 Å². The fourth-order valence-corrected chi connectivity index (χ4v) is 3.53. The van der Waals surface area contributed by atoms with Gasteiger partial charge in [0.15, 0.2) is 0 Å². The maximum atomic E-state index is 11.3. The van der Waals surface area contributed by atoms with Crippen LogP contribution in [0.3, 0.4) is 0 Å². The molecule has 4 heteroatoms. The summed E-state index contributed by atoms with van der Waals surface area (Å²) in [6, 6.07) is 19.9. The minimum absolute atomic E-state index is 0.0662. The predicted molar refractivity (Wildman–Crippen MR) is 94.5 cm³/mol. The van der Waals surface area contributed by atoms with E-state index in [4.69, 9.17) is 11.6 Å². The fraction of sp³-hybridized carbons (Fsp3) is 0.0556. The predicted octanol–water partition coefficient (Wildman–Crippen LogP) is 5.69. The molecule has 0 radical (unpaired) electrons. The molecule has 0 aliphatic rings. The van der Waals surface area contributed by atoms with Crippen LogP contribution in [0.5, 0.6) is 0 Å². The van der Waals surface area contributed by atoms with E-state index in [9.17, 15) is 4.79 Å². The number of carbonyl (C=O) groups is 1. The topological polar surface area (TPSA) is 29.1 Å². The number of amides is 1. The summed E-state index contributed by atoms with van der Waals surface area (Å²) in [7, 11) is 0. The number of rotatable bonds is 3. The number of anilines is 1. The van der Waals surface area contributed by atoms with Crippen LogP contribution in [0.2, 0.25) is 5.02 Å². The van der Waals surface area contributed by atoms with Gasteiger partial charge in [0, 0.05) is 22.4 Å². The molecule has 0 unspecified atom stereocenters. The van der Waals surface area contributed by atoms with Gasteiger partial charge in [-0.05, 0) is 29.3 Å². The smallest absolute Gasteiger partial charge is 0.221 e. The number of halogens is 1. The fourth-order valence-electron chi connectivity index (χ4n) is 2.27. The van der Waals surface area contributed by atoms with Gasteiger partial charge in [0.2, 0.25) is 5.91 Å². The van der Waals surface area contributed by atoms with E-state index in [2.05, 4.69) is 17.4 Å². The van der Waals surface area contributed by atoms with Crippen molar-refractivity contribution in [1.82, 2.24) is 0 Å². The molecule has 0 spiro atoms. The Hall–Kier alpha value is -2.10. The van der Waals surface area contributed by atoms with E-state index in [0.29, 0.717) is 5.02 Å². The van der Waals surface area contributed by atoms with Crippen LogP contribution in [-0.2, 0) is 4.79 Å². The minimum atomic E-state index is -0.0662. The van der Waals surface area contributed by atoms with Crippen molar-refractivity contribution in [3.05, 3.63) is 65.7 Å². The van der Waals surface area contributed by atoms with Gasteiger partial charge in [0.1, 0.15) is 0 Å². The highest BCUT2D eigenvalue weighted by molar-refractivity contribution is 7.20. The molecule has 2 aromatic carbocycles. The number of benzene rings is 2. The summed E-state index contributed by atoms with van der Waals surface area (Å²) >= 11 is 7.55. The number of hydrogen-bond donors (Lipinski definition) is 1. The summed E-state index contributed by atoms with van der Waals surface area (Å²) in [5, 5.41) is 4.42. The van der Waals surface area contributed by atoms with E-state index >= 15 is 0 Å². The Labute approximate surface area is 138 Å². The maximum absolute atomic E-state index is 11.3. The second-order valence-corrected chi connectivity index (χ2v) is 6.40. The van der Waals surface area contributed by atoms with E-state index in [-0.39, 0.29) is 5.91 Å². The third-order valence-corrected chi connectivity index (χ3v) is 4.57. The Kier molecular flexibility index (Phi) is 4.27. The van der Waals surface area contributed by atoms with Crippen molar-refractivity contribution in [3.8, 4) is 21.6 Å². The van der Waals surface area contributed by atoms with Crippen molar-refractivity contribution in [1.29, 1.82) is 0 Å². The number of nitrogens with one attached hydrogen (secondary N) is 1. The van der Waals surface area contributed by atoms with E-state index in [1.807, 2.05) is 48.5 Å². The van der Waals surface area contributed by atoms with Crippen LogP contribution < -0.4 is 5.32 Å². The summed E-state index contributed by atoms with van der Waals surface area (Å²) in [5.41, 5.74) is 3.31. The van der Waals surface area contributed by atoms with Crippen LogP contribution in [0, 0.1) is 0 Å². The van der Waals surface area contributed by atoms with Gasteiger partial charge in [-0.3, -0.25) is 4.79 Å². The Bertz CT molecular complexity index is 794. The van der Waals surface area contributed by atoms with Crippen LogP contribution in [0.4, 0.5) is 5.00 Å². The number of thiophene rings is 1. The molecule has 0 bridgehead atoms. The van der Waals surface area contributed by atoms with Crippen molar-refractivity contribution >= 4 is 33.8 Å². The molecule has 1 aromatic heterocycles. The molecule has 3 rings (SSSR count). The van der Waals surface area contributed by atoms with Gasteiger partial charge < -0.3 is 5.32 Å². The number of carbonyl (C=O) groups excluding carboxylic acids is 1. The lowest BCUT2D eigenvalue weighted by atomic mass is 10.0. The highest BCUT2D eigenvalue weighted by Crippen LogP contribution is 2.41. The Morgan fingerprint density at radius 1 is 1.00 bits per heavy atom. The monoisotopic (exact) mass is 327 g/mol. The van der Waals surface area contributed by atoms with Crippen LogP contribution in [0.1, 0.15) is 6.92 Å². The van der Waals surface area contributed by atoms with Gasteiger partial charge in [-0.1, -0.05) is 54.1 Å². The third kappa shape index (κ3) is 3.21. The quantitative estimate of drug-likeness (QED) is 0.657. The van der Waals surface area contributed by atoms with Gasteiger partial charge in [-0.15, -0.1) is 11.3 Å². The van der Waals surface area contributed by atoms with E-state index in [0.717, 1.165) is 26.6 Å². The summed E-state index contributed by atoms with van der Waals surface area (Å²) < 4.78 is 0. The molecule has 0 aliphatic heterocycles. The lowest BCUT2D eigenvalue weighted by molar-refractivity contribution is -0.114. The third-order valence-electron chi connectivity index (χ3n) is 3.22. The second kappa shape index (κ2) is 6.34. The molecule has 1 amide bonds. The van der Waals surface area contributed by atoms with Crippen LogP contribution in [0.15, 0.2) is 60.7 Å². The molecule has 22 heavy (non-hydrogen) atoms. The first-order chi connectivity index (χ1) is 10.6. The van der Waals surface area contributed by atoms with Crippen LogP contribution in [0.25, 0.3) is 21.6 Å². The Morgan fingerprint density at radius 3 is 2.32 bits per heavy atom. The zero-order valence-corrected chi connectivity index (χ0v) is 13.5. The summed E-state index contributed by atoms with van der Waals surface area (Å²) in [5.74, 6) is -0.0662. The molecule has 110 valence electrons. The van der Waals surface area contributed by atoms with E-state index in [1.54, 1.807) is 11.3 Å². The first kappa shape index (κ1) is 14.8. The van der Waals surface area contributed by atoms with Crippen molar-refractivity contribution in [3.63, 3.8) is 0 Å². The number of hydrogen-bond acceptors (Lipinski definition) is 2. The van der Waals surface area contributed by atoms with Gasteiger partial charge >= 0.3 is 0 Å². The Morgan fingerprint density at radius 2 is 1.68 bits per heavy atom. The van der Waals surface area contributed by atoms with Gasteiger partial charge in [-0.2, -0.15) is 0 Å². The first-order valence-corrected chi connectivity index (χ1v) is 8.06. The first-order valence-electron chi connectivity index (χ1n) is 6.86. The summed E-state index contributed by atoms with van der Waals surface area (Å²) in [6.45, 7) is 1.52. The average Bonchev–Trinajstić information content (AvgIpc) is 2.92. The largest absolute Gasteiger partial charge is 0.318 e. The molecule has 0 aliphatic carbocycles. The van der Waals surface area contributed by atoms with Crippen LogP contribution >= 0.6 is 22.9 Å². The van der Waals surface area contributed by atoms with E-state index in [1.165, 1.54) is 6.92 Å². The molecule has 0 saturated heterocycles. The maximum Gasteiger partial charge on any atom is 0.221 e. The lowest BCUT2D eigenvalue weighted by Crippen LogP contribution is -2.03. The minimum Gasteiger partial charge on any atom is -0.318 e. The van der Waals surface area contributed by atoms with Gasteiger partial charge in [0.05, 0.1) is 5.00 Å². The molecule has 2 nitrogen and oxygen atoms in total. The molecule has 0 atom stereocenters. The zero-order chi connectivity index (χ0) is 15.5. The highest BCUT2D eigenvalue weighted by Gasteiger charge is 2.13. The molecule has 0 fully saturated rings. The lowest BCUT2D eigenvalue weighted by Gasteiger charge is -2.04. The van der Waals surface area contributed by atoms with E-state index < -0.39 is 0 Å². The highest BCUT2D eigenvalue weighted by atomic mass is 35.5. The van der Waals surface area contributed by atoms with Crippen LogP contribution in [-0.4, -0.2) is 5.91 Å². The normalized spacial score (nSPS) is 10.5. The van der Waals surface area contributed by atoms with Gasteiger partial charge in [0.25, 0.3) is 0 Å². The molecule has 3 aromatic rings. The second-order valence-electron chi connectivity index (χ2n) is 4.91. The zero-order valence-electron chi connectivity index (χ0n) is 12.0. The average molecular weight is 328 g/mol. The molecule has 1 heterocycles. The summed E-state index contributed by atoms with van der Waals surface area (Å²) in [6.07, 6.45) is 0. The Balaban J connectivity index is 2.12. The standard InChI is InChI=1S/C18H14ClNOS/c1-12(21)20-17-11-16(13-7-9-15(19)10-8-13)18(22-17)14-5-3-2-4-6-14/h2-11H,1H3,(H,20,21). The molecular weight excluding hydrogens is 314 g/mol. The SMILES string of the molecule is CC(=O)Nc1cc(-c2ccc(Cl)cc2)c(-c2ccccc2)s1. The molecule has 1 N–H and O–H groups in total. The van der Waals surface area contributed by atoms with Crippen molar-refractivity contribution in [2.45, 2.75) is 6.92 Å². The summed E-state index contributed by atoms with van der Waals surface area (Å²) in [4.78, 5) is 12.5.